The lowest BCUT2D eigenvalue weighted by Crippen LogP contribution is -2.32. The number of rotatable bonds is 5. The van der Waals surface area contributed by atoms with Crippen LogP contribution < -0.4 is 4.90 Å². The van der Waals surface area contributed by atoms with Crippen LogP contribution in [0.25, 0.3) is 5.69 Å². The van der Waals surface area contributed by atoms with Crippen LogP contribution in [0.1, 0.15) is 27.2 Å². The monoisotopic (exact) mass is 290 g/mol. The lowest BCUT2D eigenvalue weighted by Gasteiger charge is -2.27. The molecule has 0 spiro atoms. The van der Waals surface area contributed by atoms with Crippen molar-refractivity contribution in [1.29, 1.82) is 0 Å². The molecule has 0 aliphatic rings. The van der Waals surface area contributed by atoms with Gasteiger partial charge >= 0.3 is 0 Å². The second-order valence-electron chi connectivity index (χ2n) is 5.59. The summed E-state index contributed by atoms with van der Waals surface area (Å²) in [7, 11) is 2.07. The highest BCUT2D eigenvalue weighted by molar-refractivity contribution is 7.71. The lowest BCUT2D eigenvalue weighted by atomic mass is 10.0. The van der Waals surface area contributed by atoms with Crippen molar-refractivity contribution < 1.29 is 0 Å². The van der Waals surface area contributed by atoms with Gasteiger partial charge in [-0.05, 0) is 43.6 Å². The van der Waals surface area contributed by atoms with Crippen molar-refractivity contribution in [2.75, 3.05) is 11.9 Å². The van der Waals surface area contributed by atoms with Crippen molar-refractivity contribution in [3.63, 3.8) is 0 Å². The first kappa shape index (κ1) is 14.8. The molecule has 0 saturated carbocycles. The zero-order chi connectivity index (χ0) is 14.7. The van der Waals surface area contributed by atoms with Gasteiger partial charge < -0.3 is 4.90 Å². The molecule has 1 heterocycles. The molecule has 0 saturated heterocycles. The Labute approximate surface area is 125 Å². The summed E-state index contributed by atoms with van der Waals surface area (Å²) < 4.78 is 2.60. The summed E-state index contributed by atoms with van der Waals surface area (Å²) >= 11 is 5.37. The number of hydrogen-bond donors (Lipinski definition) is 1. The van der Waals surface area contributed by atoms with E-state index >= 15 is 0 Å². The molecule has 0 fully saturated rings. The van der Waals surface area contributed by atoms with Crippen molar-refractivity contribution >= 4 is 18.2 Å². The van der Waals surface area contributed by atoms with Gasteiger partial charge in [-0.25, -0.2) is 5.10 Å². The minimum Gasteiger partial charge on any atom is -0.341 e. The predicted molar refractivity (Wildman–Crippen MR) is 86.1 cm³/mol. The number of nitrogens with zero attached hydrogens (tertiary/aromatic N) is 3. The molecule has 108 valence electrons. The second kappa shape index (κ2) is 6.22. The van der Waals surface area contributed by atoms with E-state index in [4.69, 9.17) is 12.2 Å². The van der Waals surface area contributed by atoms with Gasteiger partial charge in [-0.3, -0.25) is 4.57 Å². The molecule has 2 aromatic rings. The van der Waals surface area contributed by atoms with Crippen LogP contribution in [0.3, 0.4) is 0 Å². The summed E-state index contributed by atoms with van der Waals surface area (Å²) in [6, 6.07) is 10.5. The Hall–Kier alpha value is -1.62. The summed E-state index contributed by atoms with van der Waals surface area (Å²) in [6.45, 7) is 6.68. The van der Waals surface area contributed by atoms with E-state index in [2.05, 4.69) is 42.9 Å². The maximum absolute atomic E-state index is 5.37. The normalized spacial score (nSPS) is 12.7. The zero-order valence-electron chi connectivity index (χ0n) is 12.5. The molecule has 20 heavy (non-hydrogen) atoms. The molecule has 5 heteroatoms. The summed E-state index contributed by atoms with van der Waals surface area (Å²) in [5, 5.41) is 7.29. The minimum absolute atomic E-state index is 0.405. The van der Waals surface area contributed by atoms with Gasteiger partial charge in [0.2, 0.25) is 10.7 Å². The molecule has 0 aliphatic carbocycles. The summed E-state index contributed by atoms with van der Waals surface area (Å²) in [5.41, 5.74) is 1.03. The summed E-state index contributed by atoms with van der Waals surface area (Å²) in [4.78, 5) is 2.18. The maximum atomic E-state index is 5.37. The molecule has 1 aromatic carbocycles. The van der Waals surface area contributed by atoms with Crippen molar-refractivity contribution in [3.05, 3.63) is 35.1 Å². The van der Waals surface area contributed by atoms with Crippen LogP contribution in [-0.2, 0) is 0 Å². The van der Waals surface area contributed by atoms with Gasteiger partial charge in [0.1, 0.15) is 0 Å². The number of aromatic nitrogens is 3. The van der Waals surface area contributed by atoms with E-state index < -0.39 is 0 Å². The van der Waals surface area contributed by atoms with E-state index in [-0.39, 0.29) is 0 Å². The van der Waals surface area contributed by atoms with Crippen molar-refractivity contribution in [3.8, 4) is 5.69 Å². The first-order chi connectivity index (χ1) is 9.50. The topological polar surface area (TPSA) is 36.9 Å². The Morgan fingerprint density at radius 2 is 1.90 bits per heavy atom. The SMILES string of the molecule is CC(C)CC(C)N(C)c1n[nH]c(=S)n1-c1ccccc1. The molecular formula is C15H22N4S. The average molecular weight is 290 g/mol. The van der Waals surface area contributed by atoms with Gasteiger partial charge in [0.25, 0.3) is 0 Å². The van der Waals surface area contributed by atoms with Crippen molar-refractivity contribution in [2.45, 2.75) is 33.2 Å². The molecule has 0 aliphatic heterocycles. The number of H-pyrrole nitrogens is 1. The number of benzene rings is 1. The molecular weight excluding hydrogens is 268 g/mol. The molecule has 0 radical (unpaired) electrons. The van der Waals surface area contributed by atoms with E-state index in [0.717, 1.165) is 18.1 Å². The third-order valence-electron chi connectivity index (χ3n) is 3.46. The van der Waals surface area contributed by atoms with Crippen LogP contribution >= 0.6 is 12.2 Å². The molecule has 0 amide bonds. The van der Waals surface area contributed by atoms with Gasteiger partial charge in [0.15, 0.2) is 0 Å². The zero-order valence-corrected chi connectivity index (χ0v) is 13.3. The molecule has 1 unspecified atom stereocenters. The Balaban J connectivity index is 2.37. The number of para-hydroxylation sites is 1. The lowest BCUT2D eigenvalue weighted by molar-refractivity contribution is 0.498. The Kier molecular flexibility index (Phi) is 4.60. The molecule has 2 rings (SSSR count). The van der Waals surface area contributed by atoms with Crippen LogP contribution in [0.5, 0.6) is 0 Å². The molecule has 1 aromatic heterocycles. The van der Waals surface area contributed by atoms with E-state index in [0.29, 0.717) is 16.7 Å². The van der Waals surface area contributed by atoms with Crippen LogP contribution in [0.4, 0.5) is 5.95 Å². The Bertz CT molecular complexity index is 600. The number of nitrogens with one attached hydrogen (secondary N) is 1. The minimum atomic E-state index is 0.405. The predicted octanol–water partition coefficient (Wildman–Crippen LogP) is 3.80. The Morgan fingerprint density at radius 1 is 1.25 bits per heavy atom. The van der Waals surface area contributed by atoms with Gasteiger partial charge in [-0.1, -0.05) is 32.0 Å². The molecule has 1 N–H and O–H groups in total. The van der Waals surface area contributed by atoms with Crippen molar-refractivity contribution in [2.24, 2.45) is 5.92 Å². The second-order valence-corrected chi connectivity index (χ2v) is 5.98. The fourth-order valence-corrected chi connectivity index (χ4v) is 2.61. The van der Waals surface area contributed by atoms with Crippen LogP contribution in [0, 0.1) is 10.7 Å². The highest BCUT2D eigenvalue weighted by Gasteiger charge is 2.18. The van der Waals surface area contributed by atoms with E-state index in [9.17, 15) is 0 Å². The fraction of sp³-hybridized carbons (Fsp3) is 0.467. The molecule has 4 nitrogen and oxygen atoms in total. The van der Waals surface area contributed by atoms with Crippen LogP contribution in [0.15, 0.2) is 30.3 Å². The highest BCUT2D eigenvalue weighted by Crippen LogP contribution is 2.21. The first-order valence-electron chi connectivity index (χ1n) is 6.96. The van der Waals surface area contributed by atoms with Crippen molar-refractivity contribution in [1.82, 2.24) is 14.8 Å². The third kappa shape index (κ3) is 3.10. The van der Waals surface area contributed by atoms with E-state index in [1.807, 2.05) is 34.9 Å². The summed E-state index contributed by atoms with van der Waals surface area (Å²) in [6.07, 6.45) is 1.12. The maximum Gasteiger partial charge on any atom is 0.230 e. The average Bonchev–Trinajstić information content (AvgIpc) is 2.80. The van der Waals surface area contributed by atoms with Gasteiger partial charge in [-0.2, -0.15) is 0 Å². The largest absolute Gasteiger partial charge is 0.341 e. The fourth-order valence-electron chi connectivity index (χ4n) is 2.37. The van der Waals surface area contributed by atoms with Gasteiger partial charge in [0.05, 0.1) is 5.69 Å². The van der Waals surface area contributed by atoms with Gasteiger partial charge in [-0.15, -0.1) is 5.10 Å². The Morgan fingerprint density at radius 3 is 2.50 bits per heavy atom. The number of anilines is 1. The highest BCUT2D eigenvalue weighted by atomic mass is 32.1. The smallest absolute Gasteiger partial charge is 0.230 e. The number of hydrogen-bond acceptors (Lipinski definition) is 3. The first-order valence-corrected chi connectivity index (χ1v) is 7.37. The van der Waals surface area contributed by atoms with Gasteiger partial charge in [0, 0.05) is 13.1 Å². The van der Waals surface area contributed by atoms with Crippen LogP contribution in [0.2, 0.25) is 0 Å². The quantitative estimate of drug-likeness (QED) is 0.851. The van der Waals surface area contributed by atoms with Crippen LogP contribution in [-0.4, -0.2) is 27.9 Å². The van der Waals surface area contributed by atoms with E-state index in [1.165, 1.54) is 0 Å². The third-order valence-corrected chi connectivity index (χ3v) is 3.73. The van der Waals surface area contributed by atoms with E-state index in [1.54, 1.807) is 0 Å². The molecule has 0 bridgehead atoms. The standard InChI is InChI=1S/C15H22N4S/c1-11(2)10-12(3)18(4)14-16-17-15(20)19(14)13-8-6-5-7-9-13/h5-9,11-12H,10H2,1-4H3,(H,17,20). The summed E-state index contributed by atoms with van der Waals surface area (Å²) in [5.74, 6) is 1.51. The molecule has 1 atom stereocenters. The number of aromatic amines is 1.